The SMILES string of the molecule is Nc1cc(Cl)cnc1N1CCN2CCCC2C1. The molecule has 0 spiro atoms. The Balaban J connectivity index is 1.80. The molecule has 2 N–H and O–H groups in total. The summed E-state index contributed by atoms with van der Waals surface area (Å²) in [6.45, 7) is 4.42. The molecule has 5 heteroatoms. The van der Waals surface area contributed by atoms with E-state index in [4.69, 9.17) is 17.3 Å². The molecular formula is C12H17ClN4. The molecule has 2 aliphatic heterocycles. The van der Waals surface area contributed by atoms with Crippen molar-refractivity contribution in [3.63, 3.8) is 0 Å². The highest BCUT2D eigenvalue weighted by atomic mass is 35.5. The predicted octanol–water partition coefficient (Wildman–Crippen LogP) is 1.60. The van der Waals surface area contributed by atoms with Gasteiger partial charge in [0.05, 0.1) is 10.7 Å². The van der Waals surface area contributed by atoms with E-state index < -0.39 is 0 Å². The smallest absolute Gasteiger partial charge is 0.151 e. The molecule has 4 nitrogen and oxygen atoms in total. The molecule has 17 heavy (non-hydrogen) atoms. The molecule has 0 bridgehead atoms. The molecule has 0 radical (unpaired) electrons. The number of rotatable bonds is 1. The van der Waals surface area contributed by atoms with Crippen molar-refractivity contribution >= 4 is 23.1 Å². The van der Waals surface area contributed by atoms with Gasteiger partial charge >= 0.3 is 0 Å². The van der Waals surface area contributed by atoms with Crippen LogP contribution in [0.2, 0.25) is 5.02 Å². The first-order valence-corrected chi connectivity index (χ1v) is 6.52. The molecule has 0 amide bonds. The minimum absolute atomic E-state index is 0.603. The maximum absolute atomic E-state index is 5.99. The van der Waals surface area contributed by atoms with Crippen molar-refractivity contribution in [2.75, 3.05) is 36.8 Å². The molecular weight excluding hydrogens is 236 g/mol. The zero-order chi connectivity index (χ0) is 11.8. The van der Waals surface area contributed by atoms with Gasteiger partial charge in [0.25, 0.3) is 0 Å². The Bertz CT molecular complexity index is 423. The van der Waals surface area contributed by atoms with Crippen molar-refractivity contribution in [1.29, 1.82) is 0 Å². The van der Waals surface area contributed by atoms with Crippen LogP contribution in [-0.4, -0.2) is 42.1 Å². The van der Waals surface area contributed by atoms with Crippen LogP contribution in [0.3, 0.4) is 0 Å². The minimum Gasteiger partial charge on any atom is -0.396 e. The van der Waals surface area contributed by atoms with Crippen LogP contribution in [-0.2, 0) is 0 Å². The van der Waals surface area contributed by atoms with Crippen LogP contribution >= 0.6 is 11.6 Å². The number of nitrogen functional groups attached to an aromatic ring is 1. The van der Waals surface area contributed by atoms with Crippen LogP contribution in [0.25, 0.3) is 0 Å². The molecule has 0 aliphatic carbocycles. The van der Waals surface area contributed by atoms with Crippen LogP contribution in [0.15, 0.2) is 12.3 Å². The first-order valence-electron chi connectivity index (χ1n) is 6.14. The van der Waals surface area contributed by atoms with E-state index in [-0.39, 0.29) is 0 Å². The van der Waals surface area contributed by atoms with E-state index in [2.05, 4.69) is 14.8 Å². The Morgan fingerprint density at radius 3 is 3.06 bits per heavy atom. The third-order valence-electron chi connectivity index (χ3n) is 3.75. The zero-order valence-corrected chi connectivity index (χ0v) is 10.5. The van der Waals surface area contributed by atoms with Crippen molar-refractivity contribution in [3.8, 4) is 0 Å². The van der Waals surface area contributed by atoms with E-state index in [0.29, 0.717) is 16.8 Å². The van der Waals surface area contributed by atoms with Crippen LogP contribution in [0.4, 0.5) is 11.5 Å². The van der Waals surface area contributed by atoms with Gasteiger partial charge in [-0.1, -0.05) is 11.6 Å². The van der Waals surface area contributed by atoms with Gasteiger partial charge in [-0.25, -0.2) is 4.98 Å². The number of piperazine rings is 1. The quantitative estimate of drug-likeness (QED) is 0.825. The number of aromatic nitrogens is 1. The van der Waals surface area contributed by atoms with Gasteiger partial charge in [0.2, 0.25) is 0 Å². The number of hydrogen-bond donors (Lipinski definition) is 1. The summed E-state index contributed by atoms with van der Waals surface area (Å²) in [5.74, 6) is 0.890. The largest absolute Gasteiger partial charge is 0.396 e. The highest BCUT2D eigenvalue weighted by Crippen LogP contribution is 2.28. The molecule has 1 aromatic heterocycles. The Kier molecular flexibility index (Phi) is 2.84. The highest BCUT2D eigenvalue weighted by molar-refractivity contribution is 6.30. The Morgan fingerprint density at radius 2 is 2.24 bits per heavy atom. The standard InChI is InChI=1S/C12H17ClN4/c13-9-6-11(14)12(15-7-9)17-5-4-16-3-1-2-10(16)8-17/h6-7,10H,1-5,8,14H2. The second-order valence-corrected chi connectivity index (χ2v) is 5.28. The second-order valence-electron chi connectivity index (χ2n) is 4.84. The molecule has 1 unspecified atom stereocenters. The molecule has 2 fully saturated rings. The summed E-state index contributed by atoms with van der Waals surface area (Å²) in [6.07, 6.45) is 4.29. The summed E-state index contributed by atoms with van der Waals surface area (Å²) in [7, 11) is 0. The van der Waals surface area contributed by atoms with Crippen molar-refractivity contribution < 1.29 is 0 Å². The van der Waals surface area contributed by atoms with Crippen LogP contribution in [0, 0.1) is 0 Å². The average molecular weight is 253 g/mol. The number of anilines is 2. The van der Waals surface area contributed by atoms with Crippen molar-refractivity contribution in [2.24, 2.45) is 0 Å². The van der Waals surface area contributed by atoms with E-state index in [1.807, 2.05) is 0 Å². The normalized spacial score (nSPS) is 25.0. The highest BCUT2D eigenvalue weighted by Gasteiger charge is 2.31. The van der Waals surface area contributed by atoms with Gasteiger partial charge in [-0.2, -0.15) is 0 Å². The lowest BCUT2D eigenvalue weighted by molar-refractivity contribution is 0.230. The third-order valence-corrected chi connectivity index (χ3v) is 3.96. The van der Waals surface area contributed by atoms with Gasteiger partial charge < -0.3 is 10.6 Å². The van der Waals surface area contributed by atoms with E-state index in [0.717, 1.165) is 25.5 Å². The van der Waals surface area contributed by atoms with Gasteiger partial charge in [0.15, 0.2) is 5.82 Å². The lowest BCUT2D eigenvalue weighted by atomic mass is 10.1. The Hall–Kier alpha value is -1.00. The molecule has 1 atom stereocenters. The fourth-order valence-electron chi connectivity index (χ4n) is 2.90. The van der Waals surface area contributed by atoms with E-state index in [1.165, 1.54) is 19.4 Å². The third kappa shape index (κ3) is 2.07. The zero-order valence-electron chi connectivity index (χ0n) is 9.77. The Morgan fingerprint density at radius 1 is 1.35 bits per heavy atom. The first kappa shape index (κ1) is 11.1. The maximum Gasteiger partial charge on any atom is 0.151 e. The number of fused-ring (bicyclic) bond motifs is 1. The number of hydrogen-bond acceptors (Lipinski definition) is 4. The van der Waals surface area contributed by atoms with Gasteiger partial charge in [-0.05, 0) is 25.5 Å². The lowest BCUT2D eigenvalue weighted by Gasteiger charge is -2.38. The molecule has 92 valence electrons. The molecule has 2 aliphatic rings. The van der Waals surface area contributed by atoms with Crippen LogP contribution < -0.4 is 10.6 Å². The van der Waals surface area contributed by atoms with Gasteiger partial charge in [-0.3, -0.25) is 4.90 Å². The summed E-state index contributed by atoms with van der Waals surface area (Å²) < 4.78 is 0. The lowest BCUT2D eigenvalue weighted by Crippen LogP contribution is -2.50. The van der Waals surface area contributed by atoms with Crippen molar-refractivity contribution in [3.05, 3.63) is 17.3 Å². The Labute approximate surface area is 106 Å². The van der Waals surface area contributed by atoms with E-state index in [1.54, 1.807) is 12.3 Å². The van der Waals surface area contributed by atoms with E-state index in [9.17, 15) is 0 Å². The van der Waals surface area contributed by atoms with Crippen LogP contribution in [0.1, 0.15) is 12.8 Å². The van der Waals surface area contributed by atoms with Gasteiger partial charge in [0.1, 0.15) is 0 Å². The summed E-state index contributed by atoms with van der Waals surface area (Å²) in [4.78, 5) is 9.23. The number of nitrogens with zero attached hydrogens (tertiary/aromatic N) is 3. The molecule has 0 saturated carbocycles. The fourth-order valence-corrected chi connectivity index (χ4v) is 3.06. The van der Waals surface area contributed by atoms with Crippen LogP contribution in [0.5, 0.6) is 0 Å². The molecule has 2 saturated heterocycles. The maximum atomic E-state index is 5.99. The fraction of sp³-hybridized carbons (Fsp3) is 0.583. The van der Waals surface area contributed by atoms with E-state index >= 15 is 0 Å². The molecule has 3 rings (SSSR count). The monoisotopic (exact) mass is 252 g/mol. The number of nitrogens with two attached hydrogens (primary N) is 1. The van der Waals surface area contributed by atoms with Crippen molar-refractivity contribution in [1.82, 2.24) is 9.88 Å². The second kappa shape index (κ2) is 4.35. The van der Waals surface area contributed by atoms with Gasteiger partial charge in [0, 0.05) is 31.9 Å². The summed E-state index contributed by atoms with van der Waals surface area (Å²) >= 11 is 5.88. The summed E-state index contributed by atoms with van der Waals surface area (Å²) in [5.41, 5.74) is 6.67. The first-order chi connectivity index (χ1) is 8.24. The van der Waals surface area contributed by atoms with Gasteiger partial charge in [-0.15, -0.1) is 0 Å². The summed E-state index contributed by atoms with van der Waals surface area (Å²) in [5, 5.41) is 0.603. The summed E-state index contributed by atoms with van der Waals surface area (Å²) in [6, 6.07) is 2.46. The number of halogens is 1. The van der Waals surface area contributed by atoms with Crippen molar-refractivity contribution in [2.45, 2.75) is 18.9 Å². The topological polar surface area (TPSA) is 45.4 Å². The number of pyridine rings is 1. The molecule has 3 heterocycles. The average Bonchev–Trinajstić information content (AvgIpc) is 2.75. The minimum atomic E-state index is 0.603. The molecule has 0 aromatic carbocycles. The predicted molar refractivity (Wildman–Crippen MR) is 70.5 cm³/mol. The molecule has 1 aromatic rings.